The van der Waals surface area contributed by atoms with E-state index in [4.69, 9.17) is 5.73 Å². The molecule has 4 heteroatoms. The molecule has 0 spiro atoms. The van der Waals surface area contributed by atoms with E-state index in [-0.39, 0.29) is 5.91 Å². The number of hydrogen-bond donors (Lipinski definition) is 2. The molecule has 106 valence electrons. The number of carbonyl (C=O) groups is 1. The third-order valence-corrected chi connectivity index (χ3v) is 3.05. The van der Waals surface area contributed by atoms with Gasteiger partial charge in [-0.25, -0.2) is 4.39 Å². The zero-order valence-electron chi connectivity index (χ0n) is 11.5. The molecule has 0 bridgehead atoms. The number of rotatable bonds is 8. The quantitative estimate of drug-likeness (QED) is 0.550. The van der Waals surface area contributed by atoms with Crippen molar-refractivity contribution in [2.24, 2.45) is 0 Å². The smallest absolute Gasteiger partial charge is 0.224 e. The summed E-state index contributed by atoms with van der Waals surface area (Å²) in [6.45, 7) is 2.18. The molecule has 0 atom stereocenters. The Balaban J connectivity index is 2.25. The lowest BCUT2D eigenvalue weighted by molar-refractivity contribution is -0.116. The van der Waals surface area contributed by atoms with Gasteiger partial charge in [0.05, 0.1) is 11.4 Å². The van der Waals surface area contributed by atoms with E-state index < -0.39 is 5.82 Å². The van der Waals surface area contributed by atoms with Crippen LogP contribution in [0.5, 0.6) is 0 Å². The first kappa shape index (κ1) is 15.5. The Hall–Kier alpha value is -1.58. The summed E-state index contributed by atoms with van der Waals surface area (Å²) in [4.78, 5) is 11.7. The number of amides is 1. The van der Waals surface area contributed by atoms with Gasteiger partial charge in [-0.1, -0.05) is 39.0 Å². The van der Waals surface area contributed by atoms with Crippen LogP contribution in [-0.4, -0.2) is 5.91 Å². The number of nitrogens with one attached hydrogen (secondary N) is 1. The van der Waals surface area contributed by atoms with Crippen molar-refractivity contribution < 1.29 is 9.18 Å². The standard InChI is InChI=1S/C15H23FN2O/c1-2-3-4-5-6-7-8-15(19)18-14-11-12(16)9-10-13(14)17/h9-11H,2-8,17H2,1H3,(H,18,19). The highest BCUT2D eigenvalue weighted by Crippen LogP contribution is 2.19. The first-order valence-electron chi connectivity index (χ1n) is 6.98. The molecule has 0 aliphatic rings. The maximum atomic E-state index is 13.0. The largest absolute Gasteiger partial charge is 0.397 e. The maximum Gasteiger partial charge on any atom is 0.224 e. The van der Waals surface area contributed by atoms with Crippen LogP contribution >= 0.6 is 0 Å². The van der Waals surface area contributed by atoms with Gasteiger partial charge in [0, 0.05) is 6.42 Å². The van der Waals surface area contributed by atoms with Crippen molar-refractivity contribution in [2.75, 3.05) is 11.1 Å². The number of benzene rings is 1. The Kier molecular flexibility index (Phi) is 6.93. The Labute approximate surface area is 114 Å². The van der Waals surface area contributed by atoms with Crippen molar-refractivity contribution in [2.45, 2.75) is 51.9 Å². The number of halogens is 1. The van der Waals surface area contributed by atoms with Crippen LogP contribution in [0.4, 0.5) is 15.8 Å². The van der Waals surface area contributed by atoms with Gasteiger partial charge in [-0.05, 0) is 24.6 Å². The fourth-order valence-corrected chi connectivity index (χ4v) is 1.92. The molecule has 0 saturated heterocycles. The van der Waals surface area contributed by atoms with Gasteiger partial charge in [0.1, 0.15) is 5.82 Å². The maximum absolute atomic E-state index is 13.0. The summed E-state index contributed by atoms with van der Waals surface area (Å²) in [6.07, 6.45) is 7.27. The van der Waals surface area contributed by atoms with E-state index in [1.165, 1.54) is 43.9 Å². The minimum atomic E-state index is -0.399. The van der Waals surface area contributed by atoms with Gasteiger partial charge in [-0.3, -0.25) is 4.79 Å². The molecule has 19 heavy (non-hydrogen) atoms. The molecule has 0 saturated carbocycles. The van der Waals surface area contributed by atoms with Gasteiger partial charge in [0.2, 0.25) is 5.91 Å². The van der Waals surface area contributed by atoms with E-state index in [1.807, 2.05) is 0 Å². The Morgan fingerprint density at radius 3 is 2.63 bits per heavy atom. The Bertz CT molecular complexity index is 407. The van der Waals surface area contributed by atoms with Crippen molar-refractivity contribution in [1.29, 1.82) is 0 Å². The molecule has 0 fully saturated rings. The molecule has 3 N–H and O–H groups in total. The topological polar surface area (TPSA) is 55.1 Å². The molecule has 0 aliphatic carbocycles. The number of carbonyl (C=O) groups excluding carboxylic acids is 1. The van der Waals surface area contributed by atoms with Gasteiger partial charge < -0.3 is 11.1 Å². The second-order valence-corrected chi connectivity index (χ2v) is 4.80. The van der Waals surface area contributed by atoms with E-state index in [9.17, 15) is 9.18 Å². The van der Waals surface area contributed by atoms with Crippen LogP contribution in [-0.2, 0) is 4.79 Å². The third-order valence-electron chi connectivity index (χ3n) is 3.05. The molecule has 0 heterocycles. The van der Waals surface area contributed by atoms with Crippen LogP contribution in [0.15, 0.2) is 18.2 Å². The zero-order chi connectivity index (χ0) is 14.1. The van der Waals surface area contributed by atoms with Crippen molar-refractivity contribution in [1.82, 2.24) is 0 Å². The lowest BCUT2D eigenvalue weighted by Crippen LogP contribution is -2.12. The van der Waals surface area contributed by atoms with E-state index in [1.54, 1.807) is 0 Å². The molecule has 0 aromatic heterocycles. The van der Waals surface area contributed by atoms with Crippen molar-refractivity contribution in [3.05, 3.63) is 24.0 Å². The Morgan fingerprint density at radius 2 is 1.89 bits per heavy atom. The van der Waals surface area contributed by atoms with E-state index in [0.717, 1.165) is 12.8 Å². The van der Waals surface area contributed by atoms with Crippen molar-refractivity contribution in [3.63, 3.8) is 0 Å². The predicted octanol–water partition coefficient (Wildman–Crippen LogP) is 4.10. The number of anilines is 2. The predicted molar refractivity (Wildman–Crippen MR) is 77.4 cm³/mol. The first-order valence-corrected chi connectivity index (χ1v) is 6.98. The summed E-state index contributed by atoms with van der Waals surface area (Å²) in [5.41, 5.74) is 6.41. The number of hydrogen-bond acceptors (Lipinski definition) is 2. The number of unbranched alkanes of at least 4 members (excludes halogenated alkanes) is 5. The van der Waals surface area contributed by atoms with Gasteiger partial charge in [-0.2, -0.15) is 0 Å². The lowest BCUT2D eigenvalue weighted by atomic mass is 10.1. The summed E-state index contributed by atoms with van der Waals surface area (Å²) < 4.78 is 13.0. The van der Waals surface area contributed by atoms with E-state index in [0.29, 0.717) is 17.8 Å². The molecule has 0 radical (unpaired) electrons. The van der Waals surface area contributed by atoms with E-state index in [2.05, 4.69) is 12.2 Å². The molecule has 3 nitrogen and oxygen atoms in total. The fraction of sp³-hybridized carbons (Fsp3) is 0.533. The SMILES string of the molecule is CCCCCCCCC(=O)Nc1cc(F)ccc1N. The molecular formula is C15H23FN2O. The minimum absolute atomic E-state index is 0.104. The molecular weight excluding hydrogens is 243 g/mol. The van der Waals surface area contributed by atoms with Gasteiger partial charge >= 0.3 is 0 Å². The molecule has 1 rings (SSSR count). The van der Waals surface area contributed by atoms with Crippen molar-refractivity contribution >= 4 is 17.3 Å². The van der Waals surface area contributed by atoms with Gasteiger partial charge in [-0.15, -0.1) is 0 Å². The second-order valence-electron chi connectivity index (χ2n) is 4.80. The highest BCUT2D eigenvalue weighted by atomic mass is 19.1. The summed E-state index contributed by atoms with van der Waals surface area (Å²) in [5.74, 6) is -0.503. The molecule has 1 aromatic carbocycles. The average molecular weight is 266 g/mol. The Morgan fingerprint density at radius 1 is 1.21 bits per heavy atom. The average Bonchev–Trinajstić information content (AvgIpc) is 2.38. The summed E-state index contributed by atoms with van der Waals surface area (Å²) in [5, 5.41) is 2.65. The molecule has 0 aliphatic heterocycles. The van der Waals surface area contributed by atoms with Crippen LogP contribution in [0.25, 0.3) is 0 Å². The number of nitrogen functional groups attached to an aromatic ring is 1. The normalized spacial score (nSPS) is 10.4. The highest BCUT2D eigenvalue weighted by molar-refractivity contribution is 5.93. The van der Waals surface area contributed by atoms with Crippen LogP contribution in [0.1, 0.15) is 51.9 Å². The fourth-order valence-electron chi connectivity index (χ4n) is 1.92. The number of nitrogens with two attached hydrogens (primary N) is 1. The van der Waals surface area contributed by atoms with Crippen molar-refractivity contribution in [3.8, 4) is 0 Å². The van der Waals surface area contributed by atoms with Gasteiger partial charge in [0.25, 0.3) is 0 Å². The summed E-state index contributed by atoms with van der Waals surface area (Å²) in [6, 6.07) is 3.98. The molecule has 0 unspecified atom stereocenters. The van der Waals surface area contributed by atoms with Crippen LogP contribution in [0, 0.1) is 5.82 Å². The third kappa shape index (κ3) is 6.22. The van der Waals surface area contributed by atoms with Crippen LogP contribution in [0.2, 0.25) is 0 Å². The lowest BCUT2D eigenvalue weighted by Gasteiger charge is -2.08. The summed E-state index contributed by atoms with van der Waals surface area (Å²) in [7, 11) is 0. The van der Waals surface area contributed by atoms with E-state index >= 15 is 0 Å². The zero-order valence-corrected chi connectivity index (χ0v) is 11.5. The first-order chi connectivity index (χ1) is 9.13. The summed E-state index contributed by atoms with van der Waals surface area (Å²) >= 11 is 0. The van der Waals surface area contributed by atoms with Crippen LogP contribution in [0.3, 0.4) is 0 Å². The monoisotopic (exact) mass is 266 g/mol. The highest BCUT2D eigenvalue weighted by Gasteiger charge is 2.06. The second kappa shape index (κ2) is 8.51. The van der Waals surface area contributed by atoms with Crippen LogP contribution < -0.4 is 11.1 Å². The molecule has 1 aromatic rings. The molecule has 1 amide bonds. The van der Waals surface area contributed by atoms with Gasteiger partial charge in [0.15, 0.2) is 0 Å². The minimum Gasteiger partial charge on any atom is -0.397 e.